The lowest BCUT2D eigenvalue weighted by Gasteiger charge is -2.35. The molecule has 2 aliphatic rings. The number of aromatic nitrogens is 1. The minimum absolute atomic E-state index is 0.0279. The third-order valence-corrected chi connectivity index (χ3v) is 5.99. The molecule has 2 N–H and O–H groups in total. The summed E-state index contributed by atoms with van der Waals surface area (Å²) < 4.78 is 0. The second-order valence-corrected chi connectivity index (χ2v) is 7.58. The van der Waals surface area contributed by atoms with E-state index in [-0.39, 0.29) is 18.4 Å². The van der Waals surface area contributed by atoms with Crippen LogP contribution in [0, 0.1) is 5.92 Å². The molecule has 138 valence electrons. The van der Waals surface area contributed by atoms with Crippen LogP contribution >= 0.6 is 11.8 Å². The second kappa shape index (κ2) is 7.03. The number of amidine groups is 1. The summed E-state index contributed by atoms with van der Waals surface area (Å²) in [6.45, 7) is 0.671. The van der Waals surface area contributed by atoms with Crippen LogP contribution in [-0.2, 0) is 5.54 Å². The molecule has 2 aliphatic heterocycles. The largest absolute Gasteiger partial charge is 0.465 e. The Bertz CT molecular complexity index is 890. The minimum Gasteiger partial charge on any atom is -0.465 e. The zero-order valence-electron chi connectivity index (χ0n) is 14.4. The molecule has 8 heteroatoms. The molecular weight excluding hydrogens is 364 g/mol. The number of hydrogen-bond acceptors (Lipinski definition) is 5. The molecule has 1 fully saturated rings. The lowest BCUT2D eigenvalue weighted by atomic mass is 9.83. The number of amides is 2. The van der Waals surface area contributed by atoms with Crippen molar-refractivity contribution in [1.82, 2.24) is 15.2 Å². The number of carbonyl (C=O) groups is 2. The Morgan fingerprint density at radius 1 is 1.22 bits per heavy atom. The summed E-state index contributed by atoms with van der Waals surface area (Å²) in [5, 5.41) is 12.9. The highest BCUT2D eigenvalue weighted by Crippen LogP contribution is 2.45. The van der Waals surface area contributed by atoms with Crippen molar-refractivity contribution in [1.29, 1.82) is 0 Å². The van der Waals surface area contributed by atoms with Crippen molar-refractivity contribution in [3.63, 3.8) is 0 Å². The summed E-state index contributed by atoms with van der Waals surface area (Å²) in [5.41, 5.74) is 0.694. The lowest BCUT2D eigenvalue weighted by Crippen LogP contribution is -2.42. The summed E-state index contributed by atoms with van der Waals surface area (Å²) in [5.74, 6) is 0.474. The van der Waals surface area contributed by atoms with Crippen LogP contribution in [-0.4, -0.2) is 51.0 Å². The summed E-state index contributed by atoms with van der Waals surface area (Å²) in [4.78, 5) is 34.5. The molecular formula is C19H18N4O3S. The fraction of sp³-hybridized carbons (Fsp3) is 0.263. The van der Waals surface area contributed by atoms with E-state index in [9.17, 15) is 14.7 Å². The van der Waals surface area contributed by atoms with E-state index < -0.39 is 11.6 Å². The number of fused-ring (bicyclic) bond motifs is 1. The van der Waals surface area contributed by atoms with Gasteiger partial charge in [0.05, 0.1) is 6.54 Å². The van der Waals surface area contributed by atoms with Crippen LogP contribution in [0.4, 0.5) is 4.79 Å². The molecule has 0 saturated carbocycles. The highest BCUT2D eigenvalue weighted by Gasteiger charge is 2.51. The van der Waals surface area contributed by atoms with Gasteiger partial charge in [0.15, 0.2) is 5.17 Å². The number of thioether (sulfide) groups is 1. The van der Waals surface area contributed by atoms with Gasteiger partial charge in [0.2, 0.25) is 0 Å². The molecule has 2 unspecified atom stereocenters. The molecule has 4 rings (SSSR count). The van der Waals surface area contributed by atoms with E-state index in [2.05, 4.69) is 10.3 Å². The van der Waals surface area contributed by atoms with Crippen molar-refractivity contribution in [2.75, 3.05) is 18.8 Å². The van der Waals surface area contributed by atoms with Crippen LogP contribution in [0.3, 0.4) is 0 Å². The first-order chi connectivity index (χ1) is 13.1. The number of carbonyl (C=O) groups excluding carboxylic acids is 1. The zero-order valence-corrected chi connectivity index (χ0v) is 15.2. The average Bonchev–Trinajstić information content (AvgIpc) is 3.10. The quantitative estimate of drug-likeness (QED) is 0.832. The standard InChI is InChI=1S/C19H18N4O3S/c24-16(13-5-2-1-3-6-13)21-17-22-19(14-7-4-8-20-9-14)12-23(18(25)26)10-15(19)11-27-17/h1-9,15H,10-12H2,(H,25,26)(H,21,22,24). The molecule has 1 aromatic carbocycles. The van der Waals surface area contributed by atoms with Crippen molar-refractivity contribution < 1.29 is 14.7 Å². The maximum absolute atomic E-state index is 12.5. The molecule has 3 heterocycles. The van der Waals surface area contributed by atoms with Gasteiger partial charge in [0, 0.05) is 41.7 Å². The molecule has 7 nitrogen and oxygen atoms in total. The number of likely N-dealkylation sites (tertiary alicyclic amines) is 1. The summed E-state index contributed by atoms with van der Waals surface area (Å²) in [7, 11) is 0. The monoisotopic (exact) mass is 382 g/mol. The van der Waals surface area contributed by atoms with E-state index in [1.807, 2.05) is 18.2 Å². The lowest BCUT2D eigenvalue weighted by molar-refractivity contribution is 0.0977. The van der Waals surface area contributed by atoms with Crippen LogP contribution in [0.5, 0.6) is 0 Å². The summed E-state index contributed by atoms with van der Waals surface area (Å²) in [6.07, 6.45) is 2.45. The number of benzene rings is 1. The Morgan fingerprint density at radius 3 is 2.74 bits per heavy atom. The number of aliphatic imine (C=N–C) groups is 1. The molecule has 2 atom stereocenters. The summed E-state index contributed by atoms with van der Waals surface area (Å²) >= 11 is 1.45. The highest BCUT2D eigenvalue weighted by atomic mass is 32.2. The first-order valence-electron chi connectivity index (χ1n) is 8.56. The molecule has 2 aromatic rings. The van der Waals surface area contributed by atoms with E-state index >= 15 is 0 Å². The van der Waals surface area contributed by atoms with E-state index in [1.165, 1.54) is 16.7 Å². The van der Waals surface area contributed by atoms with Gasteiger partial charge >= 0.3 is 6.09 Å². The van der Waals surface area contributed by atoms with Crippen molar-refractivity contribution in [2.24, 2.45) is 10.9 Å². The van der Waals surface area contributed by atoms with Crippen LogP contribution in [0.15, 0.2) is 59.9 Å². The molecule has 1 saturated heterocycles. The predicted molar refractivity (Wildman–Crippen MR) is 103 cm³/mol. The van der Waals surface area contributed by atoms with Crippen LogP contribution in [0.25, 0.3) is 0 Å². The fourth-order valence-corrected chi connectivity index (χ4v) is 4.72. The maximum atomic E-state index is 12.5. The van der Waals surface area contributed by atoms with Gasteiger partial charge in [-0.2, -0.15) is 0 Å². The number of pyridine rings is 1. The SMILES string of the molecule is O=C(NC1=NC2(c3cccnc3)CN(C(=O)O)CC2CS1)c1ccccc1. The van der Waals surface area contributed by atoms with Gasteiger partial charge in [-0.15, -0.1) is 0 Å². The number of nitrogens with one attached hydrogen (secondary N) is 1. The smallest absolute Gasteiger partial charge is 0.407 e. The summed E-state index contributed by atoms with van der Waals surface area (Å²) in [6, 6.07) is 12.7. The predicted octanol–water partition coefficient (Wildman–Crippen LogP) is 2.42. The molecule has 0 radical (unpaired) electrons. The third-order valence-electron chi connectivity index (χ3n) is 4.96. The van der Waals surface area contributed by atoms with Gasteiger partial charge in [-0.05, 0) is 18.2 Å². The number of nitrogens with zero attached hydrogens (tertiary/aromatic N) is 3. The van der Waals surface area contributed by atoms with E-state index in [4.69, 9.17) is 4.99 Å². The molecule has 2 amide bonds. The van der Waals surface area contributed by atoms with E-state index in [0.717, 1.165) is 5.56 Å². The zero-order chi connectivity index (χ0) is 18.9. The molecule has 0 aliphatic carbocycles. The Kier molecular flexibility index (Phi) is 4.57. The second-order valence-electron chi connectivity index (χ2n) is 6.57. The van der Waals surface area contributed by atoms with Gasteiger partial charge in [-0.3, -0.25) is 9.78 Å². The highest BCUT2D eigenvalue weighted by molar-refractivity contribution is 8.13. The topological polar surface area (TPSA) is 94.9 Å². The van der Waals surface area contributed by atoms with Gasteiger partial charge in [-0.1, -0.05) is 36.0 Å². The van der Waals surface area contributed by atoms with Gasteiger partial charge in [0.1, 0.15) is 5.54 Å². The number of rotatable bonds is 2. The van der Waals surface area contributed by atoms with Gasteiger partial charge < -0.3 is 15.3 Å². The van der Waals surface area contributed by atoms with E-state index in [0.29, 0.717) is 23.0 Å². The van der Waals surface area contributed by atoms with Crippen molar-refractivity contribution in [3.8, 4) is 0 Å². The van der Waals surface area contributed by atoms with Crippen LogP contribution in [0.2, 0.25) is 0 Å². The third kappa shape index (κ3) is 3.28. The Labute approximate surface area is 160 Å². The molecule has 27 heavy (non-hydrogen) atoms. The fourth-order valence-electron chi connectivity index (χ4n) is 3.59. The Morgan fingerprint density at radius 2 is 2.04 bits per heavy atom. The number of hydrogen-bond donors (Lipinski definition) is 2. The normalized spacial score (nSPS) is 24.1. The number of carboxylic acid groups (broad SMARTS) is 1. The first kappa shape index (κ1) is 17.5. The average molecular weight is 382 g/mol. The van der Waals surface area contributed by atoms with Crippen molar-refractivity contribution in [3.05, 3.63) is 66.0 Å². The van der Waals surface area contributed by atoms with Crippen LogP contribution < -0.4 is 5.32 Å². The van der Waals surface area contributed by atoms with Crippen LogP contribution in [0.1, 0.15) is 15.9 Å². The minimum atomic E-state index is -0.956. The van der Waals surface area contributed by atoms with Crippen molar-refractivity contribution in [2.45, 2.75) is 5.54 Å². The Hall–Kier alpha value is -2.87. The maximum Gasteiger partial charge on any atom is 0.407 e. The Balaban J connectivity index is 1.68. The van der Waals surface area contributed by atoms with Gasteiger partial charge in [0.25, 0.3) is 5.91 Å². The molecule has 0 spiro atoms. The first-order valence-corrected chi connectivity index (χ1v) is 9.54. The van der Waals surface area contributed by atoms with Gasteiger partial charge in [-0.25, -0.2) is 9.79 Å². The molecule has 0 bridgehead atoms. The molecule has 1 aromatic heterocycles. The van der Waals surface area contributed by atoms with Crippen molar-refractivity contribution >= 4 is 28.9 Å². The van der Waals surface area contributed by atoms with E-state index in [1.54, 1.807) is 36.7 Å².